The summed E-state index contributed by atoms with van der Waals surface area (Å²) < 4.78 is 22.0. The van der Waals surface area contributed by atoms with Gasteiger partial charge in [0.1, 0.15) is 17.2 Å². The number of hydrogen-bond donors (Lipinski definition) is 2. The molecule has 1 saturated carbocycles. The fraction of sp³-hybridized carbons (Fsp3) is 0.462. The number of aliphatic hydroxyl groups excluding tert-OH is 2. The van der Waals surface area contributed by atoms with Crippen LogP contribution in [0.3, 0.4) is 0 Å². The van der Waals surface area contributed by atoms with Gasteiger partial charge in [-0.05, 0) is 50.2 Å². The standard InChI is InChI=1S/C26H28ClFN4O4/c1-15(33)19-7-6-16(10-21(19)28)8-9-26(17-4-2-3-5-17)12-22(34)20(24(35)36-26)11-23-30-25-29-13-18(27)14-32(25)31-23/h6-7,10,13-15,17,33-34H,2-5,8-9,11-12H2,1H3/t15-,26?/m1/s1. The second-order valence-electron chi connectivity index (χ2n) is 9.79. The first-order valence-corrected chi connectivity index (χ1v) is 12.6. The Labute approximate surface area is 212 Å². The molecule has 0 radical (unpaired) electrons. The lowest BCUT2D eigenvalue weighted by Crippen LogP contribution is -2.46. The Morgan fingerprint density at radius 2 is 2.11 bits per heavy atom. The lowest BCUT2D eigenvalue weighted by molar-refractivity contribution is -0.167. The Balaban J connectivity index is 1.38. The number of fused-ring (bicyclic) bond motifs is 1. The first-order valence-electron chi connectivity index (χ1n) is 12.2. The predicted octanol–water partition coefficient (Wildman–Crippen LogP) is 4.83. The molecular formula is C26H28ClFN4O4. The molecule has 190 valence electrons. The largest absolute Gasteiger partial charge is 0.512 e. The van der Waals surface area contributed by atoms with Crippen molar-refractivity contribution in [2.45, 2.75) is 70.0 Å². The van der Waals surface area contributed by atoms with Gasteiger partial charge in [0, 0.05) is 18.4 Å². The van der Waals surface area contributed by atoms with Crippen LogP contribution in [-0.4, -0.2) is 41.4 Å². The van der Waals surface area contributed by atoms with Gasteiger partial charge in [0.25, 0.3) is 5.78 Å². The van der Waals surface area contributed by atoms with Crippen molar-refractivity contribution >= 4 is 23.3 Å². The van der Waals surface area contributed by atoms with Crippen LogP contribution in [0.2, 0.25) is 5.02 Å². The molecule has 5 rings (SSSR count). The van der Waals surface area contributed by atoms with Gasteiger partial charge in [0.05, 0.1) is 29.1 Å². The predicted molar refractivity (Wildman–Crippen MR) is 130 cm³/mol. The summed E-state index contributed by atoms with van der Waals surface area (Å²) in [6.07, 6.45) is 7.18. The number of cyclic esters (lactones) is 1. The molecule has 36 heavy (non-hydrogen) atoms. The molecule has 1 unspecified atom stereocenters. The van der Waals surface area contributed by atoms with Crippen molar-refractivity contribution in [2.24, 2.45) is 5.92 Å². The number of carbonyl (C=O) groups excluding carboxylic acids is 1. The van der Waals surface area contributed by atoms with E-state index in [1.165, 1.54) is 23.7 Å². The quantitative estimate of drug-likeness (QED) is 0.434. The molecule has 0 amide bonds. The van der Waals surface area contributed by atoms with Crippen molar-refractivity contribution in [3.8, 4) is 0 Å². The van der Waals surface area contributed by atoms with E-state index in [0.717, 1.165) is 31.2 Å². The summed E-state index contributed by atoms with van der Waals surface area (Å²) in [5.41, 5.74) is 0.274. The molecule has 1 aromatic carbocycles. The maximum Gasteiger partial charge on any atom is 0.338 e. The van der Waals surface area contributed by atoms with E-state index >= 15 is 0 Å². The molecule has 2 N–H and O–H groups in total. The van der Waals surface area contributed by atoms with E-state index in [1.54, 1.807) is 18.3 Å². The van der Waals surface area contributed by atoms with Gasteiger partial charge in [0.15, 0.2) is 5.82 Å². The lowest BCUT2D eigenvalue weighted by atomic mass is 9.76. The van der Waals surface area contributed by atoms with Crippen LogP contribution in [0.4, 0.5) is 4.39 Å². The highest BCUT2D eigenvalue weighted by atomic mass is 35.5. The monoisotopic (exact) mass is 514 g/mol. The molecule has 10 heteroatoms. The summed E-state index contributed by atoms with van der Waals surface area (Å²) in [5, 5.41) is 25.5. The third-order valence-electron chi connectivity index (χ3n) is 7.35. The maximum atomic E-state index is 14.4. The topological polar surface area (TPSA) is 110 Å². The highest BCUT2D eigenvalue weighted by Gasteiger charge is 2.48. The number of benzene rings is 1. The van der Waals surface area contributed by atoms with Crippen molar-refractivity contribution in [3.63, 3.8) is 0 Å². The van der Waals surface area contributed by atoms with Gasteiger partial charge >= 0.3 is 5.97 Å². The van der Waals surface area contributed by atoms with Crippen LogP contribution in [0.15, 0.2) is 41.9 Å². The number of carbonyl (C=O) groups is 1. The summed E-state index contributed by atoms with van der Waals surface area (Å²) in [7, 11) is 0. The average molecular weight is 515 g/mol. The van der Waals surface area contributed by atoms with E-state index < -0.39 is 23.5 Å². The van der Waals surface area contributed by atoms with Crippen molar-refractivity contribution in [3.05, 3.63) is 69.7 Å². The van der Waals surface area contributed by atoms with E-state index in [4.69, 9.17) is 16.3 Å². The maximum absolute atomic E-state index is 14.4. The van der Waals surface area contributed by atoms with E-state index in [1.807, 2.05) is 0 Å². The zero-order chi connectivity index (χ0) is 25.4. The number of aliphatic hydroxyl groups is 2. The Kier molecular flexibility index (Phi) is 6.70. The highest BCUT2D eigenvalue weighted by Crippen LogP contribution is 2.46. The smallest absolute Gasteiger partial charge is 0.338 e. The molecule has 8 nitrogen and oxygen atoms in total. The molecule has 3 aromatic rings. The molecule has 0 saturated heterocycles. The van der Waals surface area contributed by atoms with Crippen LogP contribution in [-0.2, 0) is 22.4 Å². The van der Waals surface area contributed by atoms with E-state index in [2.05, 4.69) is 15.1 Å². The summed E-state index contributed by atoms with van der Waals surface area (Å²) >= 11 is 5.96. The molecule has 1 fully saturated rings. The van der Waals surface area contributed by atoms with Crippen molar-refractivity contribution in [1.82, 2.24) is 19.6 Å². The minimum Gasteiger partial charge on any atom is -0.512 e. The van der Waals surface area contributed by atoms with Crippen molar-refractivity contribution in [2.75, 3.05) is 0 Å². The molecule has 2 atom stereocenters. The molecule has 1 aliphatic carbocycles. The molecule has 0 bridgehead atoms. The van der Waals surface area contributed by atoms with Gasteiger partial charge in [-0.15, -0.1) is 5.10 Å². The number of ether oxygens (including phenoxy) is 1. The zero-order valence-corrected chi connectivity index (χ0v) is 20.7. The average Bonchev–Trinajstić information content (AvgIpc) is 3.50. The van der Waals surface area contributed by atoms with Crippen LogP contribution in [0, 0.1) is 11.7 Å². The molecule has 3 heterocycles. The number of rotatable bonds is 7. The molecule has 0 spiro atoms. The second-order valence-corrected chi connectivity index (χ2v) is 10.2. The third kappa shape index (κ3) is 4.82. The Morgan fingerprint density at radius 1 is 1.33 bits per heavy atom. The van der Waals surface area contributed by atoms with Crippen LogP contribution < -0.4 is 0 Å². The first-order chi connectivity index (χ1) is 17.2. The Bertz CT molecular complexity index is 1330. The van der Waals surface area contributed by atoms with Crippen LogP contribution in [0.1, 0.15) is 68.5 Å². The zero-order valence-electron chi connectivity index (χ0n) is 20.0. The molecule has 1 aliphatic heterocycles. The van der Waals surface area contributed by atoms with Gasteiger partial charge in [-0.1, -0.05) is 36.6 Å². The van der Waals surface area contributed by atoms with Gasteiger partial charge in [-0.3, -0.25) is 0 Å². The number of nitrogens with zero attached hydrogens (tertiary/aromatic N) is 4. The Morgan fingerprint density at radius 3 is 2.81 bits per heavy atom. The van der Waals surface area contributed by atoms with Gasteiger partial charge in [-0.25, -0.2) is 18.7 Å². The molecular weight excluding hydrogens is 487 g/mol. The third-order valence-corrected chi connectivity index (χ3v) is 7.54. The van der Waals surface area contributed by atoms with E-state index in [-0.39, 0.29) is 35.7 Å². The minimum atomic E-state index is -0.890. The van der Waals surface area contributed by atoms with E-state index in [0.29, 0.717) is 29.5 Å². The molecule has 2 aliphatic rings. The number of aromatic nitrogens is 4. The fourth-order valence-corrected chi connectivity index (χ4v) is 5.58. The van der Waals surface area contributed by atoms with Crippen LogP contribution >= 0.6 is 11.6 Å². The highest BCUT2D eigenvalue weighted by molar-refractivity contribution is 6.30. The summed E-state index contributed by atoms with van der Waals surface area (Å²) in [6.45, 7) is 1.52. The summed E-state index contributed by atoms with van der Waals surface area (Å²) in [4.78, 5) is 21.6. The lowest BCUT2D eigenvalue weighted by Gasteiger charge is -2.41. The van der Waals surface area contributed by atoms with Crippen molar-refractivity contribution in [1.29, 1.82) is 0 Å². The number of aryl methyl sites for hydroxylation is 1. The minimum absolute atomic E-state index is 0.0123. The SMILES string of the molecule is C[C@@H](O)c1ccc(CCC2(C3CCCC3)CC(O)=C(Cc3nc4ncc(Cl)cn4n3)C(=O)O2)cc1F. The number of hydrogen-bond acceptors (Lipinski definition) is 7. The van der Waals surface area contributed by atoms with Gasteiger partial charge in [0.2, 0.25) is 0 Å². The van der Waals surface area contributed by atoms with Crippen molar-refractivity contribution < 1.29 is 24.1 Å². The number of esters is 1. The first kappa shape index (κ1) is 24.6. The normalized spacial score (nSPS) is 21.8. The molecule has 2 aromatic heterocycles. The summed E-state index contributed by atoms with van der Waals surface area (Å²) in [6, 6.07) is 4.80. The van der Waals surface area contributed by atoms with Gasteiger partial charge in [-0.2, -0.15) is 4.98 Å². The Hall–Kier alpha value is -3.04. The van der Waals surface area contributed by atoms with E-state index in [9.17, 15) is 19.4 Å². The number of halogens is 2. The second kappa shape index (κ2) is 9.78. The summed E-state index contributed by atoms with van der Waals surface area (Å²) in [5.74, 6) is -0.270. The fourth-order valence-electron chi connectivity index (χ4n) is 5.44. The van der Waals surface area contributed by atoms with Gasteiger partial charge < -0.3 is 14.9 Å². The van der Waals surface area contributed by atoms with Crippen LogP contribution in [0.5, 0.6) is 0 Å². The van der Waals surface area contributed by atoms with Crippen LogP contribution in [0.25, 0.3) is 5.78 Å².